The summed E-state index contributed by atoms with van der Waals surface area (Å²) in [5, 5.41) is 3.45. The molecule has 90 valence electrons. The molecule has 1 aliphatic rings. The Bertz CT molecular complexity index is 352. The quantitative estimate of drug-likeness (QED) is 0.826. The molecule has 16 heavy (non-hydrogen) atoms. The molecule has 0 aromatic carbocycles. The van der Waals surface area contributed by atoms with Crippen molar-refractivity contribution in [3.63, 3.8) is 0 Å². The van der Waals surface area contributed by atoms with Crippen LogP contribution in [0.1, 0.15) is 31.5 Å². The average molecular weight is 222 g/mol. The second-order valence-corrected chi connectivity index (χ2v) is 5.04. The molecule has 1 N–H and O–H groups in total. The molecule has 1 aliphatic carbocycles. The van der Waals surface area contributed by atoms with Crippen LogP contribution in [0.4, 0.5) is 5.95 Å². The van der Waals surface area contributed by atoms with Crippen molar-refractivity contribution in [2.75, 3.05) is 26.0 Å². The molecule has 1 aromatic rings. The zero-order chi connectivity index (χ0) is 11.7. The predicted molar refractivity (Wildman–Crippen MR) is 66.9 cm³/mol. The summed E-state index contributed by atoms with van der Waals surface area (Å²) in [5.74, 6) is 1.04. The maximum Gasteiger partial charge on any atom is 0.203 e. The van der Waals surface area contributed by atoms with Gasteiger partial charge in [-0.25, -0.2) is 4.98 Å². The lowest BCUT2D eigenvalue weighted by Gasteiger charge is -2.20. The largest absolute Gasteiger partial charge is 0.354 e. The van der Waals surface area contributed by atoms with Gasteiger partial charge in [-0.05, 0) is 40.8 Å². The van der Waals surface area contributed by atoms with E-state index in [1.165, 1.54) is 12.8 Å². The van der Waals surface area contributed by atoms with E-state index in [2.05, 4.69) is 53.9 Å². The number of hydrogen-bond acceptors (Lipinski definition) is 3. The first kappa shape index (κ1) is 11.5. The van der Waals surface area contributed by atoms with Gasteiger partial charge in [0, 0.05) is 24.8 Å². The van der Waals surface area contributed by atoms with Crippen molar-refractivity contribution in [3.8, 4) is 0 Å². The van der Waals surface area contributed by atoms with Crippen LogP contribution < -0.4 is 5.32 Å². The van der Waals surface area contributed by atoms with Crippen molar-refractivity contribution >= 4 is 5.95 Å². The maximum atomic E-state index is 4.54. The van der Waals surface area contributed by atoms with E-state index in [-0.39, 0.29) is 0 Å². The van der Waals surface area contributed by atoms with Crippen molar-refractivity contribution in [2.24, 2.45) is 0 Å². The molecule has 0 bridgehead atoms. The highest BCUT2D eigenvalue weighted by atomic mass is 15.2. The molecular weight excluding hydrogens is 200 g/mol. The Balaban J connectivity index is 1.98. The second-order valence-electron chi connectivity index (χ2n) is 5.04. The number of rotatable bonds is 5. The van der Waals surface area contributed by atoms with Gasteiger partial charge in [0.1, 0.15) is 0 Å². The Labute approximate surface area is 97.7 Å². The summed E-state index contributed by atoms with van der Waals surface area (Å²) >= 11 is 0. The lowest BCUT2D eigenvalue weighted by molar-refractivity contribution is 0.325. The molecule has 1 aromatic heterocycles. The van der Waals surface area contributed by atoms with Gasteiger partial charge in [0.2, 0.25) is 5.95 Å². The second kappa shape index (κ2) is 4.45. The molecule has 1 heterocycles. The summed E-state index contributed by atoms with van der Waals surface area (Å²) < 4.78 is 2.29. The smallest absolute Gasteiger partial charge is 0.203 e. The molecule has 0 aliphatic heterocycles. The highest BCUT2D eigenvalue weighted by Gasteiger charge is 2.26. The van der Waals surface area contributed by atoms with Crippen LogP contribution in [-0.2, 0) is 0 Å². The first-order valence-corrected chi connectivity index (χ1v) is 6.03. The molecule has 0 amide bonds. The molecule has 1 unspecified atom stereocenters. The summed E-state index contributed by atoms with van der Waals surface area (Å²) in [6.45, 7) is 5.21. The van der Waals surface area contributed by atoms with Crippen LogP contribution in [0.3, 0.4) is 0 Å². The number of likely N-dealkylation sites (N-methyl/N-ethyl adjacent to an activating group) is 1. The Kier molecular flexibility index (Phi) is 3.19. The van der Waals surface area contributed by atoms with Gasteiger partial charge in [0.15, 0.2) is 0 Å². The van der Waals surface area contributed by atoms with Gasteiger partial charge in [0.05, 0.1) is 5.69 Å². The molecule has 2 rings (SSSR count). The molecule has 1 saturated carbocycles. The third-order valence-corrected chi connectivity index (χ3v) is 3.23. The van der Waals surface area contributed by atoms with Crippen molar-refractivity contribution in [2.45, 2.75) is 38.8 Å². The van der Waals surface area contributed by atoms with E-state index in [1.54, 1.807) is 0 Å². The van der Waals surface area contributed by atoms with E-state index >= 15 is 0 Å². The van der Waals surface area contributed by atoms with Crippen molar-refractivity contribution in [3.05, 3.63) is 11.9 Å². The zero-order valence-electron chi connectivity index (χ0n) is 10.7. The molecule has 0 saturated heterocycles. The normalized spacial score (nSPS) is 17.8. The Hall–Kier alpha value is -1.03. The third kappa shape index (κ3) is 2.55. The van der Waals surface area contributed by atoms with E-state index < -0.39 is 0 Å². The summed E-state index contributed by atoms with van der Waals surface area (Å²) in [6, 6.07) is 1.21. The summed E-state index contributed by atoms with van der Waals surface area (Å²) in [5.41, 5.74) is 1.10. The minimum atomic E-state index is 0.518. The summed E-state index contributed by atoms with van der Waals surface area (Å²) in [4.78, 5) is 6.75. The van der Waals surface area contributed by atoms with E-state index in [0.717, 1.165) is 18.2 Å². The number of nitrogens with one attached hydrogen (secondary N) is 1. The van der Waals surface area contributed by atoms with Gasteiger partial charge in [-0.15, -0.1) is 0 Å². The van der Waals surface area contributed by atoms with Crippen LogP contribution in [0, 0.1) is 6.92 Å². The lowest BCUT2D eigenvalue weighted by atomic mass is 10.3. The van der Waals surface area contributed by atoms with Crippen LogP contribution in [0.25, 0.3) is 0 Å². The van der Waals surface area contributed by atoms with E-state index in [1.807, 2.05) is 0 Å². The van der Waals surface area contributed by atoms with Gasteiger partial charge in [-0.1, -0.05) is 0 Å². The number of aromatic nitrogens is 2. The first-order chi connectivity index (χ1) is 7.58. The zero-order valence-corrected chi connectivity index (χ0v) is 10.7. The van der Waals surface area contributed by atoms with E-state index in [0.29, 0.717) is 12.1 Å². The number of aryl methyl sites for hydroxylation is 1. The van der Waals surface area contributed by atoms with Crippen LogP contribution in [0.2, 0.25) is 0 Å². The predicted octanol–water partition coefficient (Wildman–Crippen LogP) is 1.89. The van der Waals surface area contributed by atoms with Crippen LogP contribution in [-0.4, -0.2) is 41.1 Å². The molecule has 4 heteroatoms. The number of nitrogens with zero attached hydrogens (tertiary/aromatic N) is 3. The molecular formula is C12H22N4. The van der Waals surface area contributed by atoms with Gasteiger partial charge < -0.3 is 14.8 Å². The Morgan fingerprint density at radius 3 is 2.81 bits per heavy atom. The molecule has 0 radical (unpaired) electrons. The topological polar surface area (TPSA) is 33.1 Å². The van der Waals surface area contributed by atoms with E-state index in [4.69, 9.17) is 0 Å². The maximum absolute atomic E-state index is 4.54. The van der Waals surface area contributed by atoms with Gasteiger partial charge in [0.25, 0.3) is 0 Å². The van der Waals surface area contributed by atoms with Crippen LogP contribution in [0.15, 0.2) is 6.20 Å². The number of hydrogen-bond donors (Lipinski definition) is 1. The van der Waals surface area contributed by atoms with Gasteiger partial charge in [-0.3, -0.25) is 0 Å². The monoisotopic (exact) mass is 222 g/mol. The standard InChI is InChI=1S/C12H22N4/c1-9-8-16(11-5-6-11)12(14-9)13-7-10(2)15(3)4/h8,10-11H,5-7H2,1-4H3,(H,13,14). The summed E-state index contributed by atoms with van der Waals surface area (Å²) in [6.07, 6.45) is 4.75. The molecule has 1 fully saturated rings. The van der Waals surface area contributed by atoms with Crippen LogP contribution in [0.5, 0.6) is 0 Å². The lowest BCUT2D eigenvalue weighted by Crippen LogP contribution is -2.32. The summed E-state index contributed by atoms with van der Waals surface area (Å²) in [7, 11) is 4.20. The highest BCUT2D eigenvalue weighted by molar-refractivity contribution is 5.30. The fourth-order valence-corrected chi connectivity index (χ4v) is 1.70. The van der Waals surface area contributed by atoms with Crippen molar-refractivity contribution in [1.29, 1.82) is 0 Å². The van der Waals surface area contributed by atoms with Crippen molar-refractivity contribution in [1.82, 2.24) is 14.5 Å². The minimum absolute atomic E-state index is 0.518. The van der Waals surface area contributed by atoms with Gasteiger partial charge >= 0.3 is 0 Å². The average Bonchev–Trinajstić information content (AvgIpc) is 2.99. The van der Waals surface area contributed by atoms with Crippen LogP contribution >= 0.6 is 0 Å². The number of imidazole rings is 1. The number of anilines is 1. The fraction of sp³-hybridized carbons (Fsp3) is 0.750. The highest BCUT2D eigenvalue weighted by Crippen LogP contribution is 2.37. The minimum Gasteiger partial charge on any atom is -0.354 e. The van der Waals surface area contributed by atoms with Gasteiger partial charge in [-0.2, -0.15) is 0 Å². The van der Waals surface area contributed by atoms with E-state index in [9.17, 15) is 0 Å². The third-order valence-electron chi connectivity index (χ3n) is 3.23. The SMILES string of the molecule is Cc1cn(C2CC2)c(NCC(C)N(C)C)n1. The Morgan fingerprint density at radius 1 is 1.56 bits per heavy atom. The molecule has 4 nitrogen and oxygen atoms in total. The Morgan fingerprint density at radius 2 is 2.25 bits per heavy atom. The first-order valence-electron chi connectivity index (χ1n) is 6.03. The molecule has 0 spiro atoms. The fourth-order valence-electron chi connectivity index (χ4n) is 1.70. The van der Waals surface area contributed by atoms with Crippen molar-refractivity contribution < 1.29 is 0 Å². The molecule has 1 atom stereocenters.